The summed E-state index contributed by atoms with van der Waals surface area (Å²) in [6.07, 6.45) is 8.31. The third kappa shape index (κ3) is 4.85. The fourth-order valence-corrected chi connectivity index (χ4v) is 3.57. The van der Waals surface area contributed by atoms with E-state index in [0.717, 1.165) is 50.7 Å². The summed E-state index contributed by atoms with van der Waals surface area (Å²) in [5.41, 5.74) is 9.87. The average molecular weight is 479 g/mol. The minimum absolute atomic E-state index is 0. The molecule has 0 unspecified atom stereocenters. The van der Waals surface area contributed by atoms with E-state index in [0.29, 0.717) is 12.5 Å². The van der Waals surface area contributed by atoms with Gasteiger partial charge in [-0.1, -0.05) is 6.07 Å². The number of aromatic nitrogens is 3. The molecule has 27 heavy (non-hydrogen) atoms. The lowest BCUT2D eigenvalue weighted by Crippen LogP contribution is -2.51. The lowest BCUT2D eigenvalue weighted by Gasteiger charge is -2.35. The van der Waals surface area contributed by atoms with E-state index in [4.69, 9.17) is 10.7 Å². The molecule has 2 aromatic heterocycles. The molecule has 8 heteroatoms. The van der Waals surface area contributed by atoms with Crippen molar-refractivity contribution in [3.8, 4) is 0 Å². The molecule has 0 amide bonds. The molecule has 0 atom stereocenters. The molecular formula is C19H26IN7. The number of anilines is 1. The van der Waals surface area contributed by atoms with Gasteiger partial charge in [0.25, 0.3) is 0 Å². The van der Waals surface area contributed by atoms with Crippen molar-refractivity contribution in [2.45, 2.75) is 32.2 Å². The number of aryl methyl sites for hydroxylation is 2. The second-order valence-electron chi connectivity index (χ2n) is 6.81. The predicted octanol–water partition coefficient (Wildman–Crippen LogP) is 2.01. The average Bonchev–Trinajstić information content (AvgIpc) is 2.72. The van der Waals surface area contributed by atoms with Gasteiger partial charge >= 0.3 is 0 Å². The van der Waals surface area contributed by atoms with Gasteiger partial charge in [-0.15, -0.1) is 24.0 Å². The van der Waals surface area contributed by atoms with Crippen molar-refractivity contribution < 1.29 is 0 Å². The molecule has 2 aromatic rings. The molecule has 1 aliphatic carbocycles. The van der Waals surface area contributed by atoms with Crippen molar-refractivity contribution in [3.63, 3.8) is 0 Å². The lowest BCUT2D eigenvalue weighted by atomic mass is 9.96. The Morgan fingerprint density at radius 2 is 1.78 bits per heavy atom. The molecule has 2 N–H and O–H groups in total. The van der Waals surface area contributed by atoms with Crippen LogP contribution in [-0.2, 0) is 19.4 Å². The summed E-state index contributed by atoms with van der Waals surface area (Å²) in [4.78, 5) is 22.3. The van der Waals surface area contributed by atoms with Gasteiger partial charge in [-0.2, -0.15) is 0 Å². The summed E-state index contributed by atoms with van der Waals surface area (Å²) < 4.78 is 0. The van der Waals surface area contributed by atoms with Crippen LogP contribution in [0.25, 0.3) is 0 Å². The summed E-state index contributed by atoms with van der Waals surface area (Å²) in [5, 5.41) is 0. The van der Waals surface area contributed by atoms with Crippen LogP contribution in [0.15, 0.2) is 35.6 Å². The highest BCUT2D eigenvalue weighted by Crippen LogP contribution is 2.19. The van der Waals surface area contributed by atoms with Gasteiger partial charge in [0.1, 0.15) is 0 Å². The van der Waals surface area contributed by atoms with E-state index < -0.39 is 0 Å². The van der Waals surface area contributed by atoms with Gasteiger partial charge in [-0.3, -0.25) is 4.98 Å². The Hall–Kier alpha value is -1.97. The van der Waals surface area contributed by atoms with E-state index in [1.54, 1.807) is 12.4 Å². The van der Waals surface area contributed by atoms with Crippen LogP contribution in [0.3, 0.4) is 0 Å². The van der Waals surface area contributed by atoms with E-state index in [2.05, 4.69) is 36.9 Å². The van der Waals surface area contributed by atoms with Gasteiger partial charge in [0.05, 0.1) is 12.2 Å². The Morgan fingerprint density at radius 1 is 1.04 bits per heavy atom. The van der Waals surface area contributed by atoms with Crippen LogP contribution in [0.4, 0.5) is 5.95 Å². The summed E-state index contributed by atoms with van der Waals surface area (Å²) in [7, 11) is 0. The van der Waals surface area contributed by atoms with E-state index in [1.807, 2.05) is 6.07 Å². The van der Waals surface area contributed by atoms with Gasteiger partial charge in [-0.25, -0.2) is 15.0 Å². The predicted molar refractivity (Wildman–Crippen MR) is 117 cm³/mol. The first kappa shape index (κ1) is 19.8. The maximum absolute atomic E-state index is 6.22. The molecule has 1 fully saturated rings. The van der Waals surface area contributed by atoms with Crippen molar-refractivity contribution in [2.75, 3.05) is 31.1 Å². The van der Waals surface area contributed by atoms with Crippen LogP contribution in [0.2, 0.25) is 0 Å². The van der Waals surface area contributed by atoms with Crippen LogP contribution < -0.4 is 10.6 Å². The molecular weight excluding hydrogens is 453 g/mol. The second kappa shape index (κ2) is 9.29. The Bertz CT molecular complexity index is 773. The summed E-state index contributed by atoms with van der Waals surface area (Å²) >= 11 is 0. The van der Waals surface area contributed by atoms with E-state index in [9.17, 15) is 0 Å². The number of piperazine rings is 1. The normalized spacial score (nSPS) is 17.3. The van der Waals surface area contributed by atoms with Gasteiger partial charge in [-0.05, 0) is 43.4 Å². The number of aliphatic imine (C=N–C) groups is 1. The fourth-order valence-electron chi connectivity index (χ4n) is 3.57. The number of nitrogens with two attached hydrogens (primary N) is 1. The minimum atomic E-state index is 0. The van der Waals surface area contributed by atoms with Crippen molar-refractivity contribution in [3.05, 3.63) is 47.5 Å². The van der Waals surface area contributed by atoms with Crippen molar-refractivity contribution in [1.82, 2.24) is 19.9 Å². The summed E-state index contributed by atoms with van der Waals surface area (Å²) in [6.45, 7) is 3.88. The first-order valence-electron chi connectivity index (χ1n) is 9.34. The number of pyridine rings is 1. The third-order valence-corrected chi connectivity index (χ3v) is 5.08. The van der Waals surface area contributed by atoms with Gasteiger partial charge in [0.2, 0.25) is 5.95 Å². The number of guanidine groups is 1. The van der Waals surface area contributed by atoms with Crippen molar-refractivity contribution >= 4 is 35.9 Å². The Balaban J connectivity index is 0.00000210. The Morgan fingerprint density at radius 3 is 2.56 bits per heavy atom. The standard InChI is InChI=1S/C19H25N7.HI/c20-18(23-14-16-7-6-15-4-1-2-5-17(15)24-16)25-10-12-26(13-11-25)19-21-8-3-9-22-19;/h3,6-9H,1-2,4-5,10-14H2,(H2,20,23);1H. The molecule has 0 aromatic carbocycles. The molecule has 0 radical (unpaired) electrons. The molecule has 3 heterocycles. The van der Waals surface area contributed by atoms with E-state index >= 15 is 0 Å². The van der Waals surface area contributed by atoms with Crippen LogP contribution in [0.5, 0.6) is 0 Å². The minimum Gasteiger partial charge on any atom is -0.370 e. The van der Waals surface area contributed by atoms with Gasteiger partial charge in [0, 0.05) is 44.3 Å². The molecule has 2 aliphatic rings. The van der Waals surface area contributed by atoms with Crippen LogP contribution in [-0.4, -0.2) is 52.0 Å². The fraction of sp³-hybridized carbons (Fsp3) is 0.474. The van der Waals surface area contributed by atoms with Crippen LogP contribution in [0, 0.1) is 0 Å². The zero-order valence-corrected chi connectivity index (χ0v) is 17.7. The molecule has 0 spiro atoms. The zero-order chi connectivity index (χ0) is 17.8. The molecule has 1 saturated heterocycles. The summed E-state index contributed by atoms with van der Waals surface area (Å²) in [6, 6.07) is 6.13. The van der Waals surface area contributed by atoms with E-state index in [1.165, 1.54) is 24.1 Å². The SMILES string of the molecule is I.NC(=NCc1ccc2c(n1)CCCC2)N1CCN(c2ncccn2)CC1. The molecule has 7 nitrogen and oxygen atoms in total. The topological polar surface area (TPSA) is 83.5 Å². The van der Waals surface area contributed by atoms with Gasteiger partial charge in [0.15, 0.2) is 5.96 Å². The number of hydrogen-bond acceptors (Lipinski definition) is 5. The van der Waals surface area contributed by atoms with E-state index in [-0.39, 0.29) is 24.0 Å². The second-order valence-corrected chi connectivity index (χ2v) is 6.81. The molecule has 0 saturated carbocycles. The Labute approximate surface area is 177 Å². The quantitative estimate of drug-likeness (QED) is 0.412. The third-order valence-electron chi connectivity index (χ3n) is 5.08. The zero-order valence-electron chi connectivity index (χ0n) is 15.4. The van der Waals surface area contributed by atoms with Gasteiger partial charge < -0.3 is 15.5 Å². The molecule has 1 aliphatic heterocycles. The van der Waals surface area contributed by atoms with Crippen LogP contribution >= 0.6 is 24.0 Å². The highest BCUT2D eigenvalue weighted by atomic mass is 127. The number of hydrogen-bond donors (Lipinski definition) is 1. The number of nitrogens with zero attached hydrogens (tertiary/aromatic N) is 6. The highest BCUT2D eigenvalue weighted by molar-refractivity contribution is 14.0. The maximum Gasteiger partial charge on any atom is 0.225 e. The van der Waals surface area contributed by atoms with Crippen molar-refractivity contribution in [2.24, 2.45) is 10.7 Å². The number of halogens is 1. The first-order chi connectivity index (χ1) is 12.8. The molecule has 144 valence electrons. The largest absolute Gasteiger partial charge is 0.370 e. The lowest BCUT2D eigenvalue weighted by molar-refractivity contribution is 0.378. The highest BCUT2D eigenvalue weighted by Gasteiger charge is 2.20. The maximum atomic E-state index is 6.22. The van der Waals surface area contributed by atoms with Crippen molar-refractivity contribution in [1.29, 1.82) is 0 Å². The summed E-state index contributed by atoms with van der Waals surface area (Å²) in [5.74, 6) is 1.37. The molecule has 4 rings (SSSR count). The first-order valence-corrected chi connectivity index (χ1v) is 9.34. The number of rotatable bonds is 3. The number of fused-ring (bicyclic) bond motifs is 1. The smallest absolute Gasteiger partial charge is 0.225 e. The monoisotopic (exact) mass is 479 g/mol. The molecule has 0 bridgehead atoms. The van der Waals surface area contributed by atoms with Crippen LogP contribution in [0.1, 0.15) is 29.8 Å². The Kier molecular flexibility index (Phi) is 6.81.